The number of ether oxygens (including phenoxy) is 1. The van der Waals surface area contributed by atoms with Crippen LogP contribution in [0.2, 0.25) is 5.15 Å². The van der Waals surface area contributed by atoms with Crippen LogP contribution in [-0.2, 0) is 4.74 Å². The molecule has 0 aliphatic heterocycles. The second-order valence-electron chi connectivity index (χ2n) is 3.37. The van der Waals surface area contributed by atoms with Crippen molar-refractivity contribution in [1.82, 2.24) is 4.98 Å². The highest BCUT2D eigenvalue weighted by Gasteiger charge is 2.32. The molecule has 19 heavy (non-hydrogen) atoms. The summed E-state index contributed by atoms with van der Waals surface area (Å²) in [5.74, 6) is -0.773. The van der Waals surface area contributed by atoms with Gasteiger partial charge in [-0.1, -0.05) is 22.9 Å². The topological polar surface area (TPSA) is 62.7 Å². The van der Waals surface area contributed by atoms with Crippen LogP contribution in [0, 0.1) is 0 Å². The van der Waals surface area contributed by atoms with Gasteiger partial charge in [0.05, 0.1) is 13.7 Å². The quantitative estimate of drug-likeness (QED) is 0.841. The van der Waals surface area contributed by atoms with E-state index in [1.807, 2.05) is 0 Å². The first kappa shape index (κ1) is 16.0. The van der Waals surface area contributed by atoms with Gasteiger partial charge in [0.1, 0.15) is 6.54 Å². The minimum Gasteiger partial charge on any atom is -0.465 e. The van der Waals surface area contributed by atoms with Gasteiger partial charge in [0.15, 0.2) is 15.2 Å². The highest BCUT2D eigenvalue weighted by molar-refractivity contribution is 7.18. The number of methoxy groups -OCH3 is 1. The normalized spacial score (nSPS) is 11.5. The van der Waals surface area contributed by atoms with Gasteiger partial charge in [-0.3, -0.25) is 0 Å². The van der Waals surface area contributed by atoms with Crippen molar-refractivity contribution in [3.8, 4) is 0 Å². The van der Waals surface area contributed by atoms with E-state index in [4.69, 9.17) is 16.7 Å². The van der Waals surface area contributed by atoms with E-state index in [2.05, 4.69) is 9.72 Å². The van der Waals surface area contributed by atoms with Gasteiger partial charge in [-0.05, 0) is 0 Å². The number of aliphatic hydroxyl groups excluding tert-OH is 1. The van der Waals surface area contributed by atoms with Crippen molar-refractivity contribution in [2.75, 3.05) is 31.7 Å². The van der Waals surface area contributed by atoms with Gasteiger partial charge >= 0.3 is 12.1 Å². The molecule has 0 radical (unpaired) electrons. The molecule has 10 heteroatoms. The van der Waals surface area contributed by atoms with Crippen molar-refractivity contribution < 1.29 is 27.8 Å². The van der Waals surface area contributed by atoms with Crippen LogP contribution in [-0.4, -0.2) is 49.0 Å². The van der Waals surface area contributed by atoms with Crippen molar-refractivity contribution >= 4 is 34.0 Å². The molecule has 1 aromatic heterocycles. The van der Waals surface area contributed by atoms with E-state index in [0.29, 0.717) is 11.3 Å². The van der Waals surface area contributed by atoms with Crippen LogP contribution in [0.1, 0.15) is 9.67 Å². The molecule has 108 valence electrons. The van der Waals surface area contributed by atoms with Crippen LogP contribution in [0.4, 0.5) is 18.3 Å². The lowest BCUT2D eigenvalue weighted by atomic mass is 10.5. The van der Waals surface area contributed by atoms with E-state index in [0.717, 1.165) is 12.0 Å². The van der Waals surface area contributed by atoms with Gasteiger partial charge in [-0.25, -0.2) is 9.78 Å². The lowest BCUT2D eigenvalue weighted by Gasteiger charge is -2.21. The van der Waals surface area contributed by atoms with E-state index in [1.165, 1.54) is 0 Å². The van der Waals surface area contributed by atoms with Gasteiger partial charge in [0.2, 0.25) is 0 Å². The van der Waals surface area contributed by atoms with E-state index in [9.17, 15) is 18.0 Å². The summed E-state index contributed by atoms with van der Waals surface area (Å²) in [4.78, 5) is 15.7. The fourth-order valence-corrected chi connectivity index (χ4v) is 2.45. The molecule has 0 aromatic carbocycles. The summed E-state index contributed by atoms with van der Waals surface area (Å²) >= 11 is 6.34. The Kier molecular flexibility index (Phi) is 5.39. The van der Waals surface area contributed by atoms with Gasteiger partial charge in [-0.2, -0.15) is 13.2 Å². The molecule has 0 saturated heterocycles. The van der Waals surface area contributed by atoms with E-state index < -0.39 is 25.3 Å². The lowest BCUT2D eigenvalue weighted by Crippen LogP contribution is -2.36. The number of hydrogen-bond donors (Lipinski definition) is 1. The van der Waals surface area contributed by atoms with Crippen LogP contribution in [0.3, 0.4) is 0 Å². The van der Waals surface area contributed by atoms with Crippen LogP contribution >= 0.6 is 22.9 Å². The fourth-order valence-electron chi connectivity index (χ4n) is 1.22. The molecule has 5 nitrogen and oxygen atoms in total. The zero-order valence-electron chi connectivity index (χ0n) is 9.70. The first-order valence-corrected chi connectivity index (χ1v) is 6.15. The largest absolute Gasteiger partial charge is 0.465 e. The summed E-state index contributed by atoms with van der Waals surface area (Å²) in [5, 5.41) is 8.44. The van der Waals surface area contributed by atoms with E-state index in [1.54, 1.807) is 0 Å². The third-order valence-corrected chi connectivity index (χ3v) is 3.44. The molecule has 0 bridgehead atoms. The number of halogens is 4. The molecule has 0 fully saturated rings. The molecule has 0 atom stereocenters. The fraction of sp³-hybridized carbons (Fsp3) is 0.556. The minimum atomic E-state index is -4.46. The smallest absolute Gasteiger partial charge is 0.406 e. The van der Waals surface area contributed by atoms with Crippen molar-refractivity contribution in [1.29, 1.82) is 0 Å². The molecule has 0 amide bonds. The number of nitrogens with zero attached hydrogens (tertiary/aromatic N) is 2. The number of aliphatic hydroxyl groups is 1. The van der Waals surface area contributed by atoms with Gasteiger partial charge in [-0.15, -0.1) is 0 Å². The zero-order valence-corrected chi connectivity index (χ0v) is 11.3. The summed E-state index contributed by atoms with van der Waals surface area (Å²) in [7, 11) is 1.12. The van der Waals surface area contributed by atoms with Gasteiger partial charge < -0.3 is 14.7 Å². The molecule has 0 aliphatic rings. The van der Waals surface area contributed by atoms with Gasteiger partial charge in [0.25, 0.3) is 0 Å². The summed E-state index contributed by atoms with van der Waals surface area (Å²) < 4.78 is 41.6. The number of carbonyl (C=O) groups excluding carboxylic acids is 1. The Morgan fingerprint density at radius 1 is 1.58 bits per heavy atom. The van der Waals surface area contributed by atoms with Crippen LogP contribution in [0.25, 0.3) is 0 Å². The van der Waals surface area contributed by atoms with Crippen LogP contribution in [0.15, 0.2) is 0 Å². The second-order valence-corrected chi connectivity index (χ2v) is 4.70. The Bertz CT molecular complexity index is 452. The van der Waals surface area contributed by atoms with Crippen molar-refractivity contribution in [2.24, 2.45) is 0 Å². The maximum atomic E-state index is 12.4. The minimum absolute atomic E-state index is 0.0794. The third-order valence-electron chi connectivity index (χ3n) is 1.96. The Balaban J connectivity index is 3.00. The maximum absolute atomic E-state index is 12.4. The van der Waals surface area contributed by atoms with E-state index >= 15 is 0 Å². The van der Waals surface area contributed by atoms with Gasteiger partial charge in [0, 0.05) is 6.54 Å². The summed E-state index contributed by atoms with van der Waals surface area (Å²) in [6.45, 7) is -2.05. The molecule has 0 spiro atoms. The average Bonchev–Trinajstić information content (AvgIpc) is 2.68. The molecule has 0 unspecified atom stereocenters. The number of alkyl halides is 3. The number of hydrogen-bond acceptors (Lipinski definition) is 6. The number of thiazole rings is 1. The molecule has 1 heterocycles. The highest BCUT2D eigenvalue weighted by Crippen LogP contribution is 2.31. The SMILES string of the molecule is COC(=O)c1sc(N(CCO)CC(F)(F)F)nc1Cl. The summed E-state index contributed by atoms with van der Waals surface area (Å²) in [6, 6.07) is 0. The standard InChI is InChI=1S/C9H10ClF3N2O3S/c1-18-7(17)5-6(10)14-8(19-5)15(2-3-16)4-9(11,12)13/h16H,2-4H2,1H3. The predicted octanol–water partition coefficient (Wildman–Crippen LogP) is 1.94. The first-order valence-electron chi connectivity index (χ1n) is 4.95. The summed E-state index contributed by atoms with van der Waals surface area (Å²) in [5.41, 5.74) is 0. The molecule has 1 rings (SSSR count). The number of rotatable bonds is 5. The van der Waals surface area contributed by atoms with Crippen molar-refractivity contribution in [3.63, 3.8) is 0 Å². The number of carbonyl (C=O) groups is 1. The Hall–Kier alpha value is -1.06. The van der Waals surface area contributed by atoms with Crippen molar-refractivity contribution in [3.05, 3.63) is 10.0 Å². The Morgan fingerprint density at radius 2 is 2.21 bits per heavy atom. The maximum Gasteiger partial charge on any atom is 0.406 e. The van der Waals surface area contributed by atoms with Crippen LogP contribution in [0.5, 0.6) is 0 Å². The monoisotopic (exact) mass is 318 g/mol. The molecular formula is C9H10ClF3N2O3S. The molecule has 0 aliphatic carbocycles. The first-order chi connectivity index (χ1) is 8.78. The predicted molar refractivity (Wildman–Crippen MR) is 63.8 cm³/mol. The Labute approximate surface area is 115 Å². The van der Waals surface area contributed by atoms with Crippen LogP contribution < -0.4 is 4.90 Å². The second kappa shape index (κ2) is 6.40. The molecular weight excluding hydrogens is 309 g/mol. The average molecular weight is 319 g/mol. The third kappa shape index (κ3) is 4.51. The van der Waals surface area contributed by atoms with E-state index in [-0.39, 0.29) is 21.7 Å². The summed E-state index contributed by atoms with van der Waals surface area (Å²) in [6.07, 6.45) is -4.46. The molecule has 0 saturated carbocycles. The molecule has 1 N–H and O–H groups in total. The van der Waals surface area contributed by atoms with Crippen molar-refractivity contribution in [2.45, 2.75) is 6.18 Å². The Morgan fingerprint density at radius 3 is 2.68 bits per heavy atom. The number of aromatic nitrogens is 1. The lowest BCUT2D eigenvalue weighted by molar-refractivity contribution is -0.119. The number of anilines is 1. The number of esters is 1. The highest BCUT2D eigenvalue weighted by atomic mass is 35.5. The zero-order chi connectivity index (χ0) is 14.6. The molecule has 1 aromatic rings.